The molecule has 3 aliphatic rings. The predicted molar refractivity (Wildman–Crippen MR) is 88.0 cm³/mol. The first-order chi connectivity index (χ1) is 11.8. The van der Waals surface area contributed by atoms with Crippen LogP contribution in [0.3, 0.4) is 0 Å². The van der Waals surface area contributed by atoms with E-state index in [4.69, 9.17) is 14.2 Å². The van der Waals surface area contributed by atoms with E-state index in [1.807, 2.05) is 23.1 Å². The molecule has 0 spiro atoms. The molecule has 6 nitrogen and oxygen atoms in total. The number of hydrogen-bond donors (Lipinski definition) is 0. The quantitative estimate of drug-likeness (QED) is 0.836. The van der Waals surface area contributed by atoms with Gasteiger partial charge < -0.3 is 19.1 Å². The standard InChI is InChI=1S/C18H24N2O4/c21-18-11-19(9-15-2-1-7-22-12-15)5-6-20(18)10-14-3-4-16-17(8-14)24-13-23-16/h3-4,8,15H,1-2,5-7,9-13H2/t15-/m1/s1. The molecule has 1 amide bonds. The summed E-state index contributed by atoms with van der Waals surface area (Å²) in [7, 11) is 0. The number of rotatable bonds is 4. The van der Waals surface area contributed by atoms with E-state index in [1.165, 1.54) is 6.42 Å². The molecule has 0 radical (unpaired) electrons. The fourth-order valence-corrected chi connectivity index (χ4v) is 3.66. The van der Waals surface area contributed by atoms with Crippen LogP contribution in [-0.4, -0.2) is 61.9 Å². The number of carbonyl (C=O) groups is 1. The summed E-state index contributed by atoms with van der Waals surface area (Å²) in [6.45, 7) is 5.85. The molecular weight excluding hydrogens is 308 g/mol. The largest absolute Gasteiger partial charge is 0.454 e. The van der Waals surface area contributed by atoms with E-state index in [1.54, 1.807) is 0 Å². The Kier molecular flexibility index (Phi) is 4.58. The van der Waals surface area contributed by atoms with Crippen LogP contribution in [-0.2, 0) is 16.1 Å². The lowest BCUT2D eigenvalue weighted by molar-refractivity contribution is -0.137. The molecular formula is C18H24N2O4. The van der Waals surface area contributed by atoms with Gasteiger partial charge in [0.15, 0.2) is 11.5 Å². The zero-order valence-corrected chi connectivity index (χ0v) is 13.9. The van der Waals surface area contributed by atoms with E-state index in [2.05, 4.69) is 4.90 Å². The Labute approximate surface area is 142 Å². The van der Waals surface area contributed by atoms with Gasteiger partial charge in [0.2, 0.25) is 12.7 Å². The van der Waals surface area contributed by atoms with Gasteiger partial charge in [-0.2, -0.15) is 0 Å². The van der Waals surface area contributed by atoms with Crippen LogP contribution in [0.2, 0.25) is 0 Å². The minimum atomic E-state index is 0.204. The third-order valence-electron chi connectivity index (χ3n) is 4.98. The first-order valence-corrected chi connectivity index (χ1v) is 8.74. The van der Waals surface area contributed by atoms with Gasteiger partial charge in [-0.15, -0.1) is 0 Å². The maximum Gasteiger partial charge on any atom is 0.237 e. The Morgan fingerprint density at radius 1 is 1.17 bits per heavy atom. The number of hydrogen-bond acceptors (Lipinski definition) is 5. The SMILES string of the molecule is O=C1CN(C[C@H]2CCCOC2)CCN1Cc1ccc2c(c1)OCO2. The lowest BCUT2D eigenvalue weighted by atomic mass is 10.0. The van der Waals surface area contributed by atoms with Crippen molar-refractivity contribution in [2.24, 2.45) is 5.92 Å². The van der Waals surface area contributed by atoms with Crippen LogP contribution in [0.5, 0.6) is 11.5 Å². The topological polar surface area (TPSA) is 51.2 Å². The number of carbonyl (C=O) groups excluding carboxylic acids is 1. The van der Waals surface area contributed by atoms with Gasteiger partial charge in [-0.25, -0.2) is 0 Å². The number of benzene rings is 1. The number of nitrogens with zero attached hydrogens (tertiary/aromatic N) is 2. The molecule has 0 aromatic heterocycles. The van der Waals surface area contributed by atoms with Crippen molar-refractivity contribution < 1.29 is 19.0 Å². The molecule has 0 saturated carbocycles. The maximum atomic E-state index is 12.5. The first kappa shape index (κ1) is 15.7. The van der Waals surface area contributed by atoms with Crippen molar-refractivity contribution >= 4 is 5.91 Å². The zero-order valence-electron chi connectivity index (χ0n) is 13.9. The average molecular weight is 332 g/mol. The van der Waals surface area contributed by atoms with Gasteiger partial charge >= 0.3 is 0 Å². The van der Waals surface area contributed by atoms with Crippen molar-refractivity contribution in [3.63, 3.8) is 0 Å². The second-order valence-corrected chi connectivity index (χ2v) is 6.82. The number of amides is 1. The van der Waals surface area contributed by atoms with E-state index >= 15 is 0 Å². The van der Waals surface area contributed by atoms with Crippen LogP contribution < -0.4 is 9.47 Å². The van der Waals surface area contributed by atoms with E-state index in [-0.39, 0.29) is 12.7 Å². The Bertz CT molecular complexity index is 601. The lowest BCUT2D eigenvalue weighted by Crippen LogP contribution is -2.51. The fraction of sp³-hybridized carbons (Fsp3) is 0.611. The molecule has 0 unspecified atom stereocenters. The Morgan fingerprint density at radius 2 is 2.08 bits per heavy atom. The van der Waals surface area contributed by atoms with E-state index < -0.39 is 0 Å². The summed E-state index contributed by atoms with van der Waals surface area (Å²) in [5.74, 6) is 2.34. The third kappa shape index (κ3) is 3.49. The minimum absolute atomic E-state index is 0.204. The second kappa shape index (κ2) is 6.99. The summed E-state index contributed by atoms with van der Waals surface area (Å²) in [5.41, 5.74) is 1.08. The van der Waals surface area contributed by atoms with Gasteiger partial charge in [0.25, 0.3) is 0 Å². The first-order valence-electron chi connectivity index (χ1n) is 8.74. The molecule has 3 heterocycles. The van der Waals surface area contributed by atoms with Gasteiger partial charge in [0.1, 0.15) is 0 Å². The van der Waals surface area contributed by atoms with Crippen molar-refractivity contribution in [1.82, 2.24) is 9.80 Å². The highest BCUT2D eigenvalue weighted by Gasteiger charge is 2.27. The Balaban J connectivity index is 1.31. The third-order valence-corrected chi connectivity index (χ3v) is 4.98. The van der Waals surface area contributed by atoms with Crippen molar-refractivity contribution in [1.29, 1.82) is 0 Å². The molecule has 1 aromatic rings. The predicted octanol–water partition coefficient (Wildman–Crippen LogP) is 1.49. The summed E-state index contributed by atoms with van der Waals surface area (Å²) in [6.07, 6.45) is 2.36. The molecule has 0 aliphatic carbocycles. The molecule has 0 bridgehead atoms. The molecule has 4 rings (SSSR count). The number of ether oxygens (including phenoxy) is 3. The van der Waals surface area contributed by atoms with Crippen molar-refractivity contribution in [2.45, 2.75) is 19.4 Å². The van der Waals surface area contributed by atoms with Crippen molar-refractivity contribution in [3.05, 3.63) is 23.8 Å². The monoisotopic (exact) mass is 332 g/mol. The Hall–Kier alpha value is -1.79. The average Bonchev–Trinajstić information content (AvgIpc) is 3.06. The summed E-state index contributed by atoms with van der Waals surface area (Å²) in [4.78, 5) is 16.7. The normalized spacial score (nSPS) is 24.4. The van der Waals surface area contributed by atoms with Crippen LogP contribution in [0.15, 0.2) is 18.2 Å². The van der Waals surface area contributed by atoms with Crippen molar-refractivity contribution in [2.75, 3.05) is 46.2 Å². The molecule has 24 heavy (non-hydrogen) atoms. The Morgan fingerprint density at radius 3 is 2.92 bits per heavy atom. The lowest BCUT2D eigenvalue weighted by Gasteiger charge is -2.36. The smallest absolute Gasteiger partial charge is 0.237 e. The van der Waals surface area contributed by atoms with Gasteiger partial charge in [-0.05, 0) is 36.5 Å². The van der Waals surface area contributed by atoms with E-state index in [0.717, 1.165) is 56.3 Å². The number of piperazine rings is 1. The molecule has 0 N–H and O–H groups in total. The zero-order chi connectivity index (χ0) is 16.4. The van der Waals surface area contributed by atoms with E-state index in [0.29, 0.717) is 19.0 Å². The number of fused-ring (bicyclic) bond motifs is 1. The van der Waals surface area contributed by atoms with Gasteiger partial charge in [-0.1, -0.05) is 6.07 Å². The second-order valence-electron chi connectivity index (χ2n) is 6.82. The summed E-state index contributed by atoms with van der Waals surface area (Å²) < 4.78 is 16.3. The molecule has 1 aromatic carbocycles. The van der Waals surface area contributed by atoms with E-state index in [9.17, 15) is 4.79 Å². The minimum Gasteiger partial charge on any atom is -0.454 e. The van der Waals surface area contributed by atoms with Crippen LogP contribution in [0.1, 0.15) is 18.4 Å². The highest BCUT2D eigenvalue weighted by Crippen LogP contribution is 2.32. The summed E-state index contributed by atoms with van der Waals surface area (Å²) >= 11 is 0. The molecule has 6 heteroatoms. The van der Waals surface area contributed by atoms with Crippen LogP contribution in [0, 0.1) is 5.92 Å². The molecule has 2 saturated heterocycles. The van der Waals surface area contributed by atoms with Crippen LogP contribution in [0.4, 0.5) is 0 Å². The maximum absolute atomic E-state index is 12.5. The molecule has 3 aliphatic heterocycles. The van der Waals surface area contributed by atoms with Gasteiger partial charge in [0, 0.05) is 32.8 Å². The molecule has 2 fully saturated rings. The summed E-state index contributed by atoms with van der Waals surface area (Å²) in [5, 5.41) is 0. The van der Waals surface area contributed by atoms with Crippen molar-refractivity contribution in [3.8, 4) is 11.5 Å². The molecule has 130 valence electrons. The van der Waals surface area contributed by atoms with Gasteiger partial charge in [0.05, 0.1) is 13.2 Å². The van der Waals surface area contributed by atoms with Crippen LogP contribution in [0.25, 0.3) is 0 Å². The highest BCUT2D eigenvalue weighted by atomic mass is 16.7. The van der Waals surface area contributed by atoms with Gasteiger partial charge in [-0.3, -0.25) is 9.69 Å². The molecule has 1 atom stereocenters. The highest BCUT2D eigenvalue weighted by molar-refractivity contribution is 5.79. The fourth-order valence-electron chi connectivity index (χ4n) is 3.66. The van der Waals surface area contributed by atoms with Crippen LogP contribution >= 0.6 is 0 Å². The summed E-state index contributed by atoms with van der Waals surface area (Å²) in [6, 6.07) is 5.90.